The molecule has 0 bridgehead atoms. The van der Waals surface area contributed by atoms with Gasteiger partial charge in [0.2, 0.25) is 0 Å². The molecular formula is C13H15ClFN3O2S. The van der Waals surface area contributed by atoms with Gasteiger partial charge in [0.15, 0.2) is 0 Å². The van der Waals surface area contributed by atoms with Crippen molar-refractivity contribution >= 4 is 21.4 Å². The molecule has 1 heterocycles. The highest BCUT2D eigenvalue weighted by Gasteiger charge is 2.15. The fourth-order valence-corrected chi connectivity index (χ4v) is 2.80. The summed E-state index contributed by atoms with van der Waals surface area (Å²) in [5.74, 6) is 0.0315. The van der Waals surface area contributed by atoms with Gasteiger partial charge in [-0.05, 0) is 24.6 Å². The van der Waals surface area contributed by atoms with Gasteiger partial charge < -0.3 is 10.7 Å². The highest BCUT2D eigenvalue weighted by molar-refractivity contribution is 7.90. The molecule has 0 spiro atoms. The van der Waals surface area contributed by atoms with Gasteiger partial charge in [-0.3, -0.25) is 0 Å². The minimum absolute atomic E-state index is 0.0124. The van der Waals surface area contributed by atoms with E-state index in [2.05, 4.69) is 9.97 Å². The van der Waals surface area contributed by atoms with Gasteiger partial charge in [-0.2, -0.15) is 0 Å². The zero-order valence-corrected chi connectivity index (χ0v) is 12.9. The Hall–Kier alpha value is -1.44. The van der Waals surface area contributed by atoms with Crippen LogP contribution in [-0.4, -0.2) is 30.4 Å². The van der Waals surface area contributed by atoms with Crippen LogP contribution in [0.2, 0.25) is 5.02 Å². The van der Waals surface area contributed by atoms with Crippen LogP contribution in [0.25, 0.3) is 11.3 Å². The molecule has 21 heavy (non-hydrogen) atoms. The number of halogens is 2. The average Bonchev–Trinajstić information content (AvgIpc) is 2.84. The van der Waals surface area contributed by atoms with E-state index < -0.39 is 21.7 Å². The summed E-state index contributed by atoms with van der Waals surface area (Å²) in [6, 6.07) is 3.52. The van der Waals surface area contributed by atoms with E-state index in [1.807, 2.05) is 0 Å². The molecule has 0 amide bonds. The van der Waals surface area contributed by atoms with Gasteiger partial charge in [-0.1, -0.05) is 11.6 Å². The van der Waals surface area contributed by atoms with Crippen LogP contribution < -0.4 is 5.73 Å². The number of imidazole rings is 1. The SMILES string of the molecule is CS(=O)(=O)CCC(N)c1ncc(-c2ccc(F)cc2Cl)[nH]1. The van der Waals surface area contributed by atoms with Gasteiger partial charge >= 0.3 is 0 Å². The average molecular weight is 332 g/mol. The van der Waals surface area contributed by atoms with Crippen molar-refractivity contribution in [3.05, 3.63) is 41.1 Å². The van der Waals surface area contributed by atoms with Crippen LogP contribution in [0.3, 0.4) is 0 Å². The molecule has 0 aliphatic rings. The highest BCUT2D eigenvalue weighted by Crippen LogP contribution is 2.28. The van der Waals surface area contributed by atoms with Gasteiger partial charge in [0, 0.05) is 11.8 Å². The van der Waals surface area contributed by atoms with E-state index in [-0.39, 0.29) is 17.2 Å². The predicted molar refractivity (Wildman–Crippen MR) is 80.2 cm³/mol. The predicted octanol–water partition coefficient (Wildman–Crippen LogP) is 2.30. The maximum absolute atomic E-state index is 13.0. The van der Waals surface area contributed by atoms with Crippen LogP contribution in [-0.2, 0) is 9.84 Å². The zero-order chi connectivity index (χ0) is 15.6. The Labute approximate surface area is 127 Å². The number of sulfone groups is 1. The largest absolute Gasteiger partial charge is 0.341 e. The summed E-state index contributed by atoms with van der Waals surface area (Å²) in [4.78, 5) is 7.12. The number of H-pyrrole nitrogens is 1. The molecule has 0 saturated heterocycles. The smallest absolute Gasteiger partial charge is 0.147 e. The lowest BCUT2D eigenvalue weighted by atomic mass is 10.1. The molecule has 1 aromatic carbocycles. The summed E-state index contributed by atoms with van der Waals surface area (Å²) in [6.07, 6.45) is 2.96. The summed E-state index contributed by atoms with van der Waals surface area (Å²) in [5.41, 5.74) is 7.11. The standard InChI is InChI=1S/C13H15ClFN3O2S/c1-21(19,20)5-4-11(16)13-17-7-12(18-13)9-3-2-8(15)6-10(9)14/h2-3,6-7,11H,4-5,16H2,1H3,(H,17,18). The number of rotatable bonds is 5. The van der Waals surface area contributed by atoms with Gasteiger partial charge in [0.05, 0.1) is 28.7 Å². The van der Waals surface area contributed by atoms with E-state index >= 15 is 0 Å². The molecular weight excluding hydrogens is 317 g/mol. The minimum atomic E-state index is -3.07. The fourth-order valence-electron chi connectivity index (χ4n) is 1.85. The number of benzene rings is 1. The molecule has 1 unspecified atom stereocenters. The lowest BCUT2D eigenvalue weighted by Gasteiger charge is -2.07. The van der Waals surface area contributed by atoms with Crippen LogP contribution in [0.5, 0.6) is 0 Å². The number of hydrogen-bond donors (Lipinski definition) is 2. The molecule has 0 aliphatic heterocycles. The molecule has 114 valence electrons. The molecule has 3 N–H and O–H groups in total. The molecule has 2 rings (SSSR count). The van der Waals surface area contributed by atoms with Gasteiger partial charge in [-0.15, -0.1) is 0 Å². The number of nitrogens with one attached hydrogen (secondary N) is 1. The summed E-state index contributed by atoms with van der Waals surface area (Å²) in [5, 5.41) is 0.259. The van der Waals surface area contributed by atoms with Gasteiger partial charge in [0.25, 0.3) is 0 Å². The highest BCUT2D eigenvalue weighted by atomic mass is 35.5. The Kier molecular flexibility index (Phi) is 4.65. The number of aromatic nitrogens is 2. The Morgan fingerprint density at radius 2 is 2.19 bits per heavy atom. The summed E-state index contributed by atoms with van der Waals surface area (Å²) < 4.78 is 35.3. The Morgan fingerprint density at radius 3 is 2.81 bits per heavy atom. The number of nitrogens with two attached hydrogens (primary N) is 1. The van der Waals surface area contributed by atoms with Crippen molar-refractivity contribution in [3.63, 3.8) is 0 Å². The van der Waals surface area contributed by atoms with Crippen molar-refractivity contribution in [1.29, 1.82) is 0 Å². The monoisotopic (exact) mass is 331 g/mol. The molecule has 0 radical (unpaired) electrons. The van der Waals surface area contributed by atoms with Crippen molar-refractivity contribution in [2.45, 2.75) is 12.5 Å². The number of aromatic amines is 1. The topological polar surface area (TPSA) is 88.8 Å². The molecule has 8 heteroatoms. The second-order valence-electron chi connectivity index (χ2n) is 4.83. The summed E-state index contributed by atoms with van der Waals surface area (Å²) >= 11 is 5.98. The lowest BCUT2D eigenvalue weighted by molar-refractivity contribution is 0.588. The van der Waals surface area contributed by atoms with E-state index in [4.69, 9.17) is 17.3 Å². The van der Waals surface area contributed by atoms with Gasteiger partial charge in [-0.25, -0.2) is 17.8 Å². The Morgan fingerprint density at radius 1 is 1.48 bits per heavy atom. The molecule has 0 aliphatic carbocycles. The fraction of sp³-hybridized carbons (Fsp3) is 0.308. The van der Waals surface area contributed by atoms with Crippen molar-refractivity contribution in [2.24, 2.45) is 5.73 Å². The van der Waals surface area contributed by atoms with Crippen LogP contribution in [0.1, 0.15) is 18.3 Å². The van der Waals surface area contributed by atoms with E-state index in [9.17, 15) is 12.8 Å². The molecule has 0 saturated carbocycles. The molecule has 2 aromatic rings. The van der Waals surface area contributed by atoms with Crippen LogP contribution in [0.4, 0.5) is 4.39 Å². The van der Waals surface area contributed by atoms with E-state index in [0.717, 1.165) is 6.26 Å². The van der Waals surface area contributed by atoms with E-state index in [0.29, 0.717) is 17.1 Å². The molecule has 0 fully saturated rings. The summed E-state index contributed by atoms with van der Waals surface area (Å²) in [6.45, 7) is 0. The first-order valence-corrected chi connectivity index (χ1v) is 8.64. The zero-order valence-electron chi connectivity index (χ0n) is 11.3. The third-order valence-corrected chi connectivity index (χ3v) is 4.26. The second kappa shape index (κ2) is 6.13. The number of hydrogen-bond acceptors (Lipinski definition) is 4. The molecule has 5 nitrogen and oxygen atoms in total. The Balaban J connectivity index is 2.17. The third-order valence-electron chi connectivity index (χ3n) is 2.97. The first-order valence-electron chi connectivity index (χ1n) is 6.20. The quantitative estimate of drug-likeness (QED) is 0.879. The van der Waals surface area contributed by atoms with Gasteiger partial charge in [0.1, 0.15) is 21.5 Å². The van der Waals surface area contributed by atoms with E-state index in [1.54, 1.807) is 0 Å². The van der Waals surface area contributed by atoms with Crippen LogP contribution >= 0.6 is 11.6 Å². The van der Waals surface area contributed by atoms with Crippen molar-refractivity contribution < 1.29 is 12.8 Å². The third kappa shape index (κ3) is 4.26. The molecule has 1 atom stereocenters. The van der Waals surface area contributed by atoms with E-state index in [1.165, 1.54) is 24.4 Å². The van der Waals surface area contributed by atoms with Crippen molar-refractivity contribution in [1.82, 2.24) is 9.97 Å². The summed E-state index contributed by atoms with van der Waals surface area (Å²) in [7, 11) is -3.07. The maximum atomic E-state index is 13.0. The lowest BCUT2D eigenvalue weighted by Crippen LogP contribution is -2.16. The van der Waals surface area contributed by atoms with Crippen molar-refractivity contribution in [3.8, 4) is 11.3 Å². The van der Waals surface area contributed by atoms with Crippen molar-refractivity contribution in [2.75, 3.05) is 12.0 Å². The number of nitrogens with zero attached hydrogens (tertiary/aromatic N) is 1. The first-order chi connectivity index (χ1) is 9.76. The first kappa shape index (κ1) is 15.9. The normalized spacial score (nSPS) is 13.3. The second-order valence-corrected chi connectivity index (χ2v) is 7.50. The van der Waals surface area contributed by atoms with Crippen LogP contribution in [0.15, 0.2) is 24.4 Å². The maximum Gasteiger partial charge on any atom is 0.147 e. The molecule has 1 aromatic heterocycles. The Bertz CT molecular complexity index is 746. The minimum Gasteiger partial charge on any atom is -0.341 e. The van der Waals surface area contributed by atoms with Crippen LogP contribution in [0, 0.1) is 5.82 Å².